The number of nitrogens with zero attached hydrogens (tertiary/aromatic N) is 4. The Morgan fingerprint density at radius 3 is 2.14 bits per heavy atom. The number of ether oxygens (including phenoxy) is 2. The monoisotopic (exact) mass is 948 g/mol. The molecule has 3 heterocycles. The van der Waals surface area contributed by atoms with Crippen molar-refractivity contribution in [3.63, 3.8) is 0 Å². The Morgan fingerprint density at radius 1 is 0.966 bits per heavy atom. The zero-order valence-electron chi connectivity index (χ0n) is 31.2. The summed E-state index contributed by atoms with van der Waals surface area (Å²) >= 11 is 4.37. The first-order valence-corrected chi connectivity index (χ1v) is 21.4. The summed E-state index contributed by atoms with van der Waals surface area (Å²) < 4.78 is 42.6. The molecule has 17 heteroatoms. The van der Waals surface area contributed by atoms with Gasteiger partial charge in [0.1, 0.15) is 35.0 Å². The lowest BCUT2D eigenvalue weighted by Crippen LogP contribution is -2.71. The number of oxime groups is 1. The number of carbonyl (C=O) groups excluding carboxylic acids is 3. The van der Waals surface area contributed by atoms with Gasteiger partial charge in [0.2, 0.25) is 16.7 Å². The molecule has 0 radical (unpaired) electrons. The van der Waals surface area contributed by atoms with Gasteiger partial charge in [0.15, 0.2) is 0 Å². The zero-order valence-corrected chi connectivity index (χ0v) is 35.0. The van der Waals surface area contributed by atoms with Crippen LogP contribution in [0.5, 0.6) is 5.75 Å². The number of halogens is 3. The maximum absolute atomic E-state index is 13.9. The predicted molar refractivity (Wildman–Crippen MR) is 229 cm³/mol. The summed E-state index contributed by atoms with van der Waals surface area (Å²) in [5.74, 6) is -1.69. The molecule has 2 atom stereocenters. The Balaban J connectivity index is 1.14. The summed E-state index contributed by atoms with van der Waals surface area (Å²) in [4.78, 5) is 51.4. The number of esters is 1. The average molecular weight is 949 g/mol. The number of rotatable bonds is 16. The van der Waals surface area contributed by atoms with E-state index in [4.69, 9.17) is 9.47 Å². The van der Waals surface area contributed by atoms with Crippen molar-refractivity contribution >= 4 is 74.5 Å². The molecule has 1 aromatic heterocycles. The van der Waals surface area contributed by atoms with Gasteiger partial charge in [-0.15, -0.1) is 11.8 Å². The first-order valence-electron chi connectivity index (χ1n) is 18.1. The molecule has 2 aliphatic rings. The number of nitrogens with one attached hydrogen (secondary N) is 2. The molecular formula is C42H35F2IN6O6S2. The lowest BCUT2D eigenvalue weighted by atomic mass is 9.77. The van der Waals surface area contributed by atoms with Crippen LogP contribution in [-0.2, 0) is 36.1 Å². The Kier molecular flexibility index (Phi) is 13.3. The van der Waals surface area contributed by atoms with E-state index < -0.39 is 47.1 Å². The van der Waals surface area contributed by atoms with Crippen LogP contribution in [0.25, 0.3) is 0 Å². The number of allylic oxidation sites excluding steroid dienone is 2. The van der Waals surface area contributed by atoms with Gasteiger partial charge in [-0.25, -0.2) is 4.79 Å². The van der Waals surface area contributed by atoms with Crippen LogP contribution < -0.4 is 15.4 Å². The van der Waals surface area contributed by atoms with E-state index in [1.165, 1.54) is 16.7 Å². The van der Waals surface area contributed by atoms with Crippen LogP contribution in [0, 0.1) is 0 Å². The van der Waals surface area contributed by atoms with Crippen LogP contribution in [-0.4, -0.2) is 73.1 Å². The Labute approximate surface area is 360 Å². The van der Waals surface area contributed by atoms with Crippen LogP contribution in [0.15, 0.2) is 144 Å². The molecular weight excluding hydrogens is 914 g/mol. The summed E-state index contributed by atoms with van der Waals surface area (Å²) in [6.07, 6.45) is 3.63. The summed E-state index contributed by atoms with van der Waals surface area (Å²) in [6, 6.07) is 34.9. The normalized spacial score (nSPS) is 16.7. The summed E-state index contributed by atoms with van der Waals surface area (Å²) in [7, 11) is 1.55. The van der Waals surface area contributed by atoms with Gasteiger partial charge in [-0.05, 0) is 40.0 Å². The van der Waals surface area contributed by atoms with Crippen LogP contribution in [0.3, 0.4) is 0 Å². The molecule has 1 fully saturated rings. The van der Waals surface area contributed by atoms with E-state index in [1.807, 2.05) is 97.1 Å². The van der Waals surface area contributed by atoms with E-state index in [0.717, 1.165) is 28.2 Å². The molecule has 0 bridgehead atoms. The van der Waals surface area contributed by atoms with Crippen LogP contribution in [0.4, 0.5) is 13.9 Å². The highest BCUT2D eigenvalue weighted by Gasteiger charge is 2.54. The first kappa shape index (κ1) is 41.5. The number of hydrogen-bond acceptors (Lipinski definition) is 12. The zero-order chi connectivity index (χ0) is 41.4. The maximum atomic E-state index is 13.9. The number of anilines is 1. The highest BCUT2D eigenvalue weighted by Crippen LogP contribution is 2.42. The minimum atomic E-state index is -3.36. The van der Waals surface area contributed by atoms with Gasteiger partial charge in [-0.1, -0.05) is 143 Å². The second-order valence-electron chi connectivity index (χ2n) is 12.9. The number of fused-ring (bicyclic) bond motifs is 1. The molecule has 2 amide bonds. The molecule has 2 aliphatic heterocycles. The van der Waals surface area contributed by atoms with Gasteiger partial charge in [-0.3, -0.25) is 14.5 Å². The van der Waals surface area contributed by atoms with Crippen molar-refractivity contribution in [3.05, 3.63) is 167 Å². The van der Waals surface area contributed by atoms with E-state index in [2.05, 4.69) is 52.6 Å². The second-order valence-corrected chi connectivity index (χ2v) is 15.7. The van der Waals surface area contributed by atoms with E-state index in [1.54, 1.807) is 37.5 Å². The number of hydrogen-bond donors (Lipinski definition) is 2. The number of thioether (sulfide) groups is 1. The molecule has 0 saturated carbocycles. The number of alkyl halides is 3. The van der Waals surface area contributed by atoms with E-state index >= 15 is 0 Å². The standard InChI is InChI=1S/C42H35F2IN6O6S2/c1-55-31-21-19-26(20-22-31)24-56-39(54)34-27(12-11-23-45)25-58-38-33(37(53)51(34)38)46-36(52)32(49-57-40(43)44)35-47-41(59-50-35)48-42(28-13-5-2-6-14-28,29-15-7-3-8-16-29)30-17-9-4-10-18-30/h2-22,33,38,40H,23-25H2,1H3,(H,46,52)(H,47,48,50)/b12-11+,49-32-/t33-,38-/m1/s1. The lowest BCUT2D eigenvalue weighted by Gasteiger charge is -2.49. The quantitative estimate of drug-likeness (QED) is 0.0197. The third-order valence-corrected chi connectivity index (χ3v) is 11.8. The molecule has 5 aromatic rings. The summed E-state index contributed by atoms with van der Waals surface area (Å²) in [5, 5.41) is 9.10. The van der Waals surface area contributed by atoms with Crippen molar-refractivity contribution in [2.75, 3.05) is 22.6 Å². The fourth-order valence-electron chi connectivity index (χ4n) is 6.68. The largest absolute Gasteiger partial charge is 0.497 e. The summed E-state index contributed by atoms with van der Waals surface area (Å²) in [5.41, 5.74) is 2.27. The van der Waals surface area contributed by atoms with Crippen molar-refractivity contribution in [2.45, 2.75) is 30.2 Å². The molecule has 59 heavy (non-hydrogen) atoms. The van der Waals surface area contributed by atoms with Crippen molar-refractivity contribution in [2.24, 2.45) is 5.16 Å². The maximum Gasteiger partial charge on any atom is 0.407 e. The SMILES string of the molecule is COc1ccc(COC(=O)C2=C(/C=C/CI)CS[C@@H]3[C@H](NC(=O)/C(=N\OC(F)F)c4nsc(NC(c5ccccc5)(c5ccccc5)c5ccccc5)n4)C(=O)N23)cc1. The Bertz CT molecular complexity index is 2270. The van der Waals surface area contributed by atoms with Crippen molar-refractivity contribution in [3.8, 4) is 5.75 Å². The molecule has 0 aliphatic carbocycles. The number of benzene rings is 4. The fourth-order valence-corrected chi connectivity index (χ4v) is 8.88. The Morgan fingerprint density at radius 2 is 1.58 bits per heavy atom. The van der Waals surface area contributed by atoms with Gasteiger partial charge < -0.3 is 24.9 Å². The Hall–Kier alpha value is -5.66. The number of methoxy groups -OCH3 is 1. The average Bonchev–Trinajstić information content (AvgIpc) is 3.74. The topological polar surface area (TPSA) is 144 Å². The molecule has 0 unspecified atom stereocenters. The van der Waals surface area contributed by atoms with E-state index in [-0.39, 0.29) is 23.3 Å². The molecule has 302 valence electrons. The second kappa shape index (κ2) is 18.9. The third-order valence-electron chi connectivity index (χ3n) is 9.41. The third kappa shape index (κ3) is 9.01. The fraction of sp³-hybridized carbons (Fsp3) is 0.190. The number of β-lactam (4-membered cyclic amide) rings is 1. The first-order chi connectivity index (χ1) is 28.7. The van der Waals surface area contributed by atoms with Gasteiger partial charge in [-0.2, -0.15) is 18.1 Å². The predicted octanol–water partition coefficient (Wildman–Crippen LogP) is 7.28. The van der Waals surface area contributed by atoms with Crippen molar-refractivity contribution in [1.29, 1.82) is 0 Å². The van der Waals surface area contributed by atoms with Gasteiger partial charge in [0, 0.05) is 21.7 Å². The highest BCUT2D eigenvalue weighted by atomic mass is 127. The smallest absolute Gasteiger partial charge is 0.407 e. The number of amides is 2. The van der Waals surface area contributed by atoms with Crippen molar-refractivity contribution < 1.29 is 37.5 Å². The minimum absolute atomic E-state index is 0.0553. The minimum Gasteiger partial charge on any atom is -0.497 e. The molecule has 4 aromatic carbocycles. The van der Waals surface area contributed by atoms with Gasteiger partial charge in [0.05, 0.1) is 7.11 Å². The summed E-state index contributed by atoms with van der Waals surface area (Å²) in [6.45, 7) is -3.42. The molecule has 7 rings (SSSR count). The lowest BCUT2D eigenvalue weighted by molar-refractivity contribution is -0.153. The van der Waals surface area contributed by atoms with Crippen LogP contribution >= 0.6 is 45.9 Å². The van der Waals surface area contributed by atoms with E-state index in [9.17, 15) is 23.2 Å². The molecule has 1 saturated heterocycles. The van der Waals surface area contributed by atoms with Crippen LogP contribution in [0.2, 0.25) is 0 Å². The molecule has 2 N–H and O–H groups in total. The number of carbonyl (C=O) groups is 3. The van der Waals surface area contributed by atoms with E-state index in [0.29, 0.717) is 27.1 Å². The van der Waals surface area contributed by atoms with Gasteiger partial charge >= 0.3 is 12.6 Å². The van der Waals surface area contributed by atoms with Crippen LogP contribution in [0.1, 0.15) is 28.1 Å². The number of aromatic nitrogens is 2. The van der Waals surface area contributed by atoms with Gasteiger partial charge in [0.25, 0.3) is 11.8 Å². The highest BCUT2D eigenvalue weighted by molar-refractivity contribution is 14.1. The van der Waals surface area contributed by atoms with Crippen molar-refractivity contribution in [1.82, 2.24) is 19.6 Å². The molecule has 12 nitrogen and oxygen atoms in total. The molecule has 0 spiro atoms.